The van der Waals surface area contributed by atoms with Crippen molar-refractivity contribution in [3.05, 3.63) is 65.4 Å². The van der Waals surface area contributed by atoms with Crippen LogP contribution in [0.5, 0.6) is 0 Å². The van der Waals surface area contributed by atoms with Gasteiger partial charge >= 0.3 is 6.03 Å². The van der Waals surface area contributed by atoms with Crippen LogP contribution in [-0.2, 0) is 16.4 Å². The van der Waals surface area contributed by atoms with Crippen molar-refractivity contribution in [2.24, 2.45) is 0 Å². The van der Waals surface area contributed by atoms with Gasteiger partial charge in [-0.3, -0.25) is 0 Å². The minimum Gasteiger partial charge on any atom is -0.338 e. The Morgan fingerprint density at radius 3 is 2.60 bits per heavy atom. The van der Waals surface area contributed by atoms with Gasteiger partial charge in [0.25, 0.3) is 0 Å². The largest absolute Gasteiger partial charge is 0.338 e. The highest BCUT2D eigenvalue weighted by molar-refractivity contribution is 7.91. The van der Waals surface area contributed by atoms with Crippen LogP contribution < -0.4 is 5.32 Å². The van der Waals surface area contributed by atoms with Crippen LogP contribution in [0.1, 0.15) is 11.3 Å². The van der Waals surface area contributed by atoms with Gasteiger partial charge in [-0.25, -0.2) is 13.2 Å². The van der Waals surface area contributed by atoms with Crippen LogP contribution in [0.4, 0.5) is 4.79 Å². The molecule has 0 saturated heterocycles. The Balaban J connectivity index is 1.81. The fourth-order valence-electron chi connectivity index (χ4n) is 2.28. The zero-order valence-electron chi connectivity index (χ0n) is 13.9. The maximum absolute atomic E-state index is 12.3. The number of amides is 2. The lowest BCUT2D eigenvalue weighted by Gasteiger charge is -2.21. The lowest BCUT2D eigenvalue weighted by molar-refractivity contribution is 0.201. The second-order valence-electron chi connectivity index (χ2n) is 5.47. The molecular formula is C18H22N2O3S2. The van der Waals surface area contributed by atoms with E-state index in [0.29, 0.717) is 31.0 Å². The quantitative estimate of drug-likeness (QED) is 0.538. The van der Waals surface area contributed by atoms with E-state index in [0.717, 1.165) is 4.88 Å². The molecule has 0 saturated carbocycles. The summed E-state index contributed by atoms with van der Waals surface area (Å²) < 4.78 is 24.4. The van der Waals surface area contributed by atoms with Gasteiger partial charge in [0, 0.05) is 18.0 Å². The summed E-state index contributed by atoms with van der Waals surface area (Å²) in [5.41, 5.74) is 0. The fraction of sp³-hybridized carbons (Fsp3) is 0.278. The minimum absolute atomic E-state index is 0.00365. The van der Waals surface area contributed by atoms with E-state index in [4.69, 9.17) is 0 Å². The van der Waals surface area contributed by atoms with Crippen molar-refractivity contribution in [3.63, 3.8) is 0 Å². The monoisotopic (exact) mass is 378 g/mol. The van der Waals surface area contributed by atoms with Crippen molar-refractivity contribution in [2.45, 2.75) is 17.9 Å². The van der Waals surface area contributed by atoms with Crippen LogP contribution in [0.25, 0.3) is 0 Å². The van der Waals surface area contributed by atoms with Gasteiger partial charge in [0.15, 0.2) is 9.84 Å². The van der Waals surface area contributed by atoms with Gasteiger partial charge in [-0.05, 0) is 30.0 Å². The highest BCUT2D eigenvalue weighted by atomic mass is 32.2. The zero-order valence-corrected chi connectivity index (χ0v) is 15.6. The second kappa shape index (κ2) is 9.39. The Labute approximate surface area is 152 Å². The van der Waals surface area contributed by atoms with Crippen molar-refractivity contribution in [1.29, 1.82) is 0 Å². The number of nitrogens with zero attached hydrogens (tertiary/aromatic N) is 1. The van der Waals surface area contributed by atoms with Gasteiger partial charge in [-0.2, -0.15) is 0 Å². The van der Waals surface area contributed by atoms with Crippen LogP contribution in [-0.4, -0.2) is 38.2 Å². The van der Waals surface area contributed by atoms with Gasteiger partial charge in [-0.15, -0.1) is 17.9 Å². The molecule has 25 heavy (non-hydrogen) atoms. The van der Waals surface area contributed by atoms with Crippen molar-refractivity contribution < 1.29 is 13.2 Å². The summed E-state index contributed by atoms with van der Waals surface area (Å²) in [4.78, 5) is 15.3. The molecule has 1 N–H and O–H groups in total. The molecule has 1 aromatic carbocycles. The third-order valence-corrected chi connectivity index (χ3v) is 6.21. The summed E-state index contributed by atoms with van der Waals surface area (Å²) >= 11 is 1.59. The minimum atomic E-state index is -3.31. The second-order valence-corrected chi connectivity index (χ2v) is 8.61. The lowest BCUT2D eigenvalue weighted by Crippen LogP contribution is -2.40. The van der Waals surface area contributed by atoms with E-state index in [1.54, 1.807) is 52.6 Å². The first-order valence-electron chi connectivity index (χ1n) is 7.97. The normalized spacial score (nSPS) is 11.0. The Hall–Kier alpha value is -2.12. The Kier molecular flexibility index (Phi) is 7.21. The number of hydrogen-bond acceptors (Lipinski definition) is 4. The number of carbonyl (C=O) groups excluding carboxylic acids is 1. The van der Waals surface area contributed by atoms with Crippen LogP contribution in [0.3, 0.4) is 0 Å². The van der Waals surface area contributed by atoms with Crippen LogP contribution >= 0.6 is 11.3 Å². The maximum Gasteiger partial charge on any atom is 0.318 e. The van der Waals surface area contributed by atoms with Gasteiger partial charge in [0.2, 0.25) is 0 Å². The van der Waals surface area contributed by atoms with Crippen LogP contribution in [0, 0.1) is 0 Å². The SMILES string of the molecule is C=CCN(Cc1cccs1)C(=O)NCCCS(=O)(=O)c1ccccc1. The summed E-state index contributed by atoms with van der Waals surface area (Å²) in [6.07, 6.45) is 2.04. The highest BCUT2D eigenvalue weighted by Crippen LogP contribution is 2.12. The first kappa shape index (κ1) is 19.2. The third-order valence-electron chi connectivity index (χ3n) is 3.53. The average Bonchev–Trinajstić information content (AvgIpc) is 3.12. The average molecular weight is 379 g/mol. The van der Waals surface area contributed by atoms with Crippen LogP contribution in [0.2, 0.25) is 0 Å². The molecule has 0 atom stereocenters. The zero-order chi connectivity index (χ0) is 18.1. The molecule has 5 nitrogen and oxygen atoms in total. The van der Waals surface area contributed by atoms with Gasteiger partial charge in [0.05, 0.1) is 17.2 Å². The predicted octanol–water partition coefficient (Wildman–Crippen LogP) is 3.31. The molecule has 7 heteroatoms. The van der Waals surface area contributed by atoms with Crippen LogP contribution in [0.15, 0.2) is 65.4 Å². The van der Waals surface area contributed by atoms with E-state index >= 15 is 0 Å². The third kappa shape index (κ3) is 6.03. The molecule has 134 valence electrons. The Bertz CT molecular complexity index is 772. The Morgan fingerprint density at radius 1 is 1.20 bits per heavy atom. The van der Waals surface area contributed by atoms with E-state index < -0.39 is 9.84 Å². The molecule has 1 aromatic heterocycles. The molecule has 0 radical (unpaired) electrons. The van der Waals surface area contributed by atoms with E-state index in [9.17, 15) is 13.2 Å². The smallest absolute Gasteiger partial charge is 0.318 e. The Morgan fingerprint density at radius 2 is 1.96 bits per heavy atom. The first-order chi connectivity index (χ1) is 12.0. The van der Waals surface area contributed by atoms with E-state index in [-0.39, 0.29) is 11.8 Å². The molecule has 0 aliphatic carbocycles. The van der Waals surface area contributed by atoms with Crippen molar-refractivity contribution >= 4 is 27.2 Å². The molecule has 0 fully saturated rings. The van der Waals surface area contributed by atoms with Crippen molar-refractivity contribution in [2.75, 3.05) is 18.8 Å². The molecule has 2 amide bonds. The number of rotatable bonds is 9. The van der Waals surface area contributed by atoms with Crippen molar-refractivity contribution in [1.82, 2.24) is 10.2 Å². The topological polar surface area (TPSA) is 66.5 Å². The van der Waals surface area contributed by atoms with Crippen molar-refractivity contribution in [3.8, 4) is 0 Å². The molecule has 1 heterocycles. The summed E-state index contributed by atoms with van der Waals surface area (Å²) in [5.74, 6) is 0.00365. The first-order valence-corrected chi connectivity index (χ1v) is 10.5. The highest BCUT2D eigenvalue weighted by Gasteiger charge is 2.15. The molecule has 0 aliphatic heterocycles. The number of nitrogens with one attached hydrogen (secondary N) is 1. The number of sulfone groups is 1. The molecule has 0 spiro atoms. The van der Waals surface area contributed by atoms with E-state index in [1.807, 2.05) is 17.5 Å². The summed E-state index contributed by atoms with van der Waals surface area (Å²) in [7, 11) is -3.31. The number of benzene rings is 1. The van der Waals surface area contributed by atoms with Gasteiger partial charge in [-0.1, -0.05) is 30.3 Å². The predicted molar refractivity (Wildman–Crippen MR) is 101 cm³/mol. The maximum atomic E-state index is 12.3. The summed E-state index contributed by atoms with van der Waals surface area (Å²) in [6, 6.07) is 12.0. The summed E-state index contributed by atoms with van der Waals surface area (Å²) in [5, 5.41) is 4.75. The van der Waals surface area contributed by atoms with Gasteiger partial charge < -0.3 is 10.2 Å². The van der Waals surface area contributed by atoms with Gasteiger partial charge in [0.1, 0.15) is 0 Å². The lowest BCUT2D eigenvalue weighted by atomic mass is 10.4. The van der Waals surface area contributed by atoms with E-state index in [1.165, 1.54) is 0 Å². The molecule has 0 unspecified atom stereocenters. The number of carbonyl (C=O) groups is 1. The summed E-state index contributed by atoms with van der Waals surface area (Å²) in [6.45, 7) is 4.93. The molecule has 2 aromatic rings. The molecular weight excluding hydrogens is 356 g/mol. The fourth-order valence-corrected chi connectivity index (χ4v) is 4.33. The number of urea groups is 1. The molecule has 2 rings (SSSR count). The van der Waals surface area contributed by atoms with E-state index in [2.05, 4.69) is 11.9 Å². The molecule has 0 bridgehead atoms. The molecule has 0 aliphatic rings. The number of hydrogen-bond donors (Lipinski definition) is 1. The standard InChI is InChI=1S/C18H22N2O3S2/c1-2-12-20(15-16-8-6-13-24-16)18(21)19-11-7-14-25(22,23)17-9-4-3-5-10-17/h2-6,8-10,13H,1,7,11-12,14-15H2,(H,19,21). The number of thiophene rings is 1.